The Morgan fingerprint density at radius 2 is 1.71 bits per heavy atom. The van der Waals surface area contributed by atoms with Gasteiger partial charge in [0.05, 0.1) is 16.9 Å². The molecule has 0 radical (unpaired) electrons. The molecule has 2 aliphatic rings. The van der Waals surface area contributed by atoms with Gasteiger partial charge in [-0.25, -0.2) is 4.98 Å². The average molecular weight is 554 g/mol. The van der Waals surface area contributed by atoms with Crippen LogP contribution < -0.4 is 10.2 Å². The van der Waals surface area contributed by atoms with Gasteiger partial charge >= 0.3 is 0 Å². The maximum atomic E-state index is 12.2. The van der Waals surface area contributed by atoms with E-state index >= 15 is 0 Å². The molecule has 0 unspecified atom stereocenters. The first-order chi connectivity index (χ1) is 17.6. The van der Waals surface area contributed by atoms with E-state index in [0.29, 0.717) is 5.69 Å². The summed E-state index contributed by atoms with van der Waals surface area (Å²) in [4.78, 5) is 26.4. The number of amides is 1. The number of fused-ring (bicyclic) bond motifs is 4. The molecule has 0 bridgehead atoms. The molecular weight excluding hydrogens is 519 g/mol. The lowest BCUT2D eigenvalue weighted by Crippen LogP contribution is -2.47. The van der Waals surface area contributed by atoms with Crippen LogP contribution in [-0.2, 0) is 19.3 Å². The Hall–Kier alpha value is -3.13. The number of anilines is 1. The van der Waals surface area contributed by atoms with E-state index in [0.717, 1.165) is 68.9 Å². The summed E-state index contributed by atoms with van der Waals surface area (Å²) < 4.78 is 2.10. The van der Waals surface area contributed by atoms with Gasteiger partial charge in [0.1, 0.15) is 12.0 Å². The summed E-state index contributed by atoms with van der Waals surface area (Å²) >= 11 is 0. The van der Waals surface area contributed by atoms with Crippen LogP contribution in [0.1, 0.15) is 33.0 Å². The van der Waals surface area contributed by atoms with Crippen molar-refractivity contribution < 1.29 is 4.79 Å². The number of rotatable bonds is 5. The van der Waals surface area contributed by atoms with Crippen molar-refractivity contribution in [1.29, 1.82) is 0 Å². The number of aryl methyl sites for hydroxylation is 1. The minimum Gasteiger partial charge on any atom is -0.368 e. The molecule has 0 spiro atoms. The fraction of sp³-hybridized carbons (Fsp3) is 0.345. The topological polar surface area (TPSA) is 66.3 Å². The van der Waals surface area contributed by atoms with Gasteiger partial charge in [0.15, 0.2) is 0 Å². The van der Waals surface area contributed by atoms with E-state index in [2.05, 4.69) is 73.2 Å². The average Bonchev–Trinajstić information content (AvgIpc) is 3.36. The molecule has 4 aromatic rings. The van der Waals surface area contributed by atoms with Crippen LogP contribution in [0.25, 0.3) is 16.6 Å². The molecule has 0 aliphatic carbocycles. The molecule has 2 aromatic heterocycles. The van der Waals surface area contributed by atoms with Crippen molar-refractivity contribution in [2.75, 3.05) is 44.7 Å². The number of benzene rings is 2. The Morgan fingerprint density at radius 3 is 2.50 bits per heavy atom. The van der Waals surface area contributed by atoms with E-state index in [4.69, 9.17) is 4.98 Å². The molecule has 9 heteroatoms. The van der Waals surface area contributed by atoms with Gasteiger partial charge in [-0.15, -0.1) is 24.8 Å². The molecule has 2 aliphatic heterocycles. The third-order valence-corrected chi connectivity index (χ3v) is 7.69. The predicted octanol–water partition coefficient (Wildman–Crippen LogP) is 4.40. The molecule has 1 fully saturated rings. The first kappa shape index (κ1) is 27.9. The van der Waals surface area contributed by atoms with Crippen LogP contribution in [0, 0.1) is 6.92 Å². The van der Waals surface area contributed by atoms with Crippen LogP contribution >= 0.6 is 24.8 Å². The van der Waals surface area contributed by atoms with Gasteiger partial charge in [-0.1, -0.05) is 18.2 Å². The maximum Gasteiger partial charge on any atom is 0.271 e. The van der Waals surface area contributed by atoms with Crippen molar-refractivity contribution in [2.24, 2.45) is 0 Å². The number of nitrogens with one attached hydrogen (secondary N) is 1. The lowest BCUT2D eigenvalue weighted by Gasteiger charge is -2.36. The van der Waals surface area contributed by atoms with Gasteiger partial charge in [0.25, 0.3) is 5.91 Å². The molecule has 1 saturated heterocycles. The van der Waals surface area contributed by atoms with Crippen molar-refractivity contribution in [1.82, 2.24) is 24.8 Å². The van der Waals surface area contributed by atoms with Gasteiger partial charge in [-0.05, 0) is 67.6 Å². The quantitative estimate of drug-likeness (QED) is 0.397. The number of nitrogens with zero attached hydrogens (tertiary/aromatic N) is 5. The highest BCUT2D eigenvalue weighted by Crippen LogP contribution is 2.30. The Balaban J connectivity index is 0.00000168. The fourth-order valence-electron chi connectivity index (χ4n) is 5.75. The first-order valence-corrected chi connectivity index (χ1v) is 12.9. The minimum absolute atomic E-state index is 0. The highest BCUT2D eigenvalue weighted by molar-refractivity contribution is 5.93. The van der Waals surface area contributed by atoms with Crippen molar-refractivity contribution in [2.45, 2.75) is 26.2 Å². The molecule has 0 atom stereocenters. The summed E-state index contributed by atoms with van der Waals surface area (Å²) in [5, 5.41) is 3.95. The third-order valence-electron chi connectivity index (χ3n) is 7.69. The van der Waals surface area contributed by atoms with Gasteiger partial charge < -0.3 is 14.8 Å². The summed E-state index contributed by atoms with van der Waals surface area (Å²) in [6, 6.07) is 17.3. The van der Waals surface area contributed by atoms with E-state index in [1.54, 1.807) is 13.4 Å². The number of hydrogen-bond donors (Lipinski definition) is 1. The predicted molar refractivity (Wildman–Crippen MR) is 158 cm³/mol. The summed E-state index contributed by atoms with van der Waals surface area (Å²) in [6.45, 7) is 7.28. The highest BCUT2D eigenvalue weighted by Gasteiger charge is 2.25. The van der Waals surface area contributed by atoms with E-state index in [1.807, 2.05) is 6.92 Å². The lowest BCUT2D eigenvalue weighted by atomic mass is 9.94. The largest absolute Gasteiger partial charge is 0.368 e. The Kier molecular flexibility index (Phi) is 8.61. The summed E-state index contributed by atoms with van der Waals surface area (Å²) in [6.07, 6.45) is 4.62. The molecule has 7 nitrogen and oxygen atoms in total. The number of hydrogen-bond acceptors (Lipinski definition) is 5. The Bertz CT molecular complexity index is 1440. The SMILES string of the molecule is CNC(=O)c1ncn2c1CCc1c(CCN3CCN(c4cccc5nc(C)ccc45)CC3)cccc1-2.Cl.Cl. The summed E-state index contributed by atoms with van der Waals surface area (Å²) in [7, 11) is 1.66. The summed E-state index contributed by atoms with van der Waals surface area (Å²) in [5.41, 5.74) is 8.95. The van der Waals surface area contributed by atoms with Crippen molar-refractivity contribution in [3.05, 3.63) is 83.1 Å². The third kappa shape index (κ3) is 5.10. The molecule has 4 heterocycles. The summed E-state index contributed by atoms with van der Waals surface area (Å²) in [5.74, 6) is -0.114. The van der Waals surface area contributed by atoms with Crippen molar-refractivity contribution in [3.63, 3.8) is 0 Å². The molecule has 0 saturated carbocycles. The fourth-order valence-corrected chi connectivity index (χ4v) is 5.75. The van der Waals surface area contributed by atoms with Crippen LogP contribution in [0.2, 0.25) is 0 Å². The normalized spacial score (nSPS) is 14.7. The van der Waals surface area contributed by atoms with E-state index in [9.17, 15) is 4.79 Å². The van der Waals surface area contributed by atoms with Crippen LogP contribution in [0.5, 0.6) is 0 Å². The number of halogens is 2. The van der Waals surface area contributed by atoms with Crippen LogP contribution in [0.3, 0.4) is 0 Å². The second kappa shape index (κ2) is 11.7. The second-order valence-corrected chi connectivity index (χ2v) is 9.78. The van der Waals surface area contributed by atoms with E-state index in [1.165, 1.54) is 27.9 Å². The van der Waals surface area contributed by atoms with Crippen LogP contribution in [0.15, 0.2) is 54.9 Å². The molecule has 2 aromatic carbocycles. The number of carbonyl (C=O) groups is 1. The number of imidazole rings is 1. The first-order valence-electron chi connectivity index (χ1n) is 12.9. The zero-order chi connectivity index (χ0) is 24.6. The second-order valence-electron chi connectivity index (χ2n) is 9.78. The number of pyridine rings is 1. The zero-order valence-electron chi connectivity index (χ0n) is 21.8. The Morgan fingerprint density at radius 1 is 0.947 bits per heavy atom. The minimum atomic E-state index is -0.114. The Labute approximate surface area is 236 Å². The van der Waals surface area contributed by atoms with Crippen LogP contribution in [0.4, 0.5) is 5.69 Å². The number of aromatic nitrogens is 3. The molecule has 200 valence electrons. The lowest BCUT2D eigenvalue weighted by molar-refractivity contribution is 0.0957. The van der Waals surface area contributed by atoms with Crippen LogP contribution in [-0.4, -0.2) is 65.1 Å². The molecule has 1 amide bonds. The van der Waals surface area contributed by atoms with Crippen molar-refractivity contribution >= 4 is 47.3 Å². The van der Waals surface area contributed by atoms with Gasteiger partial charge in [0.2, 0.25) is 0 Å². The van der Waals surface area contributed by atoms with Gasteiger partial charge in [-0.2, -0.15) is 0 Å². The van der Waals surface area contributed by atoms with E-state index in [-0.39, 0.29) is 30.7 Å². The molecular formula is C29H34Cl2N6O. The number of carbonyl (C=O) groups excluding carboxylic acids is 1. The standard InChI is InChI=1S/C29H32N6O.2ClH/c1-20-9-10-23-24(32-20)6-4-7-25(23)34-17-15-33(16-18-34)14-13-21-5-3-8-26-22(21)11-12-27-28(29(36)30-2)31-19-35(26)27;;/h3-10,19H,11-18H2,1-2H3,(H,30,36);2*1H. The zero-order valence-corrected chi connectivity index (χ0v) is 23.4. The molecule has 38 heavy (non-hydrogen) atoms. The maximum absolute atomic E-state index is 12.2. The molecule has 1 N–H and O–H groups in total. The monoisotopic (exact) mass is 552 g/mol. The van der Waals surface area contributed by atoms with Gasteiger partial charge in [-0.3, -0.25) is 14.7 Å². The highest BCUT2D eigenvalue weighted by atomic mass is 35.5. The van der Waals surface area contributed by atoms with Crippen molar-refractivity contribution in [3.8, 4) is 5.69 Å². The molecule has 6 rings (SSSR count). The van der Waals surface area contributed by atoms with Gasteiger partial charge in [0, 0.05) is 56.5 Å². The number of piperazine rings is 1. The smallest absolute Gasteiger partial charge is 0.271 e. The van der Waals surface area contributed by atoms with E-state index < -0.39 is 0 Å².